The SMILES string of the molecule is CC1NC(c2ccccc2)C(=O)N1CCCOCC1CC1. The van der Waals surface area contributed by atoms with Crippen LogP contribution in [0.3, 0.4) is 0 Å². The molecule has 114 valence electrons. The molecule has 21 heavy (non-hydrogen) atoms. The summed E-state index contributed by atoms with van der Waals surface area (Å²) in [7, 11) is 0. The smallest absolute Gasteiger partial charge is 0.245 e. The molecule has 1 aliphatic carbocycles. The highest BCUT2D eigenvalue weighted by atomic mass is 16.5. The Kier molecular flexibility index (Phi) is 4.56. The van der Waals surface area contributed by atoms with Crippen LogP contribution in [-0.2, 0) is 9.53 Å². The highest BCUT2D eigenvalue weighted by molar-refractivity contribution is 5.85. The maximum Gasteiger partial charge on any atom is 0.245 e. The Labute approximate surface area is 126 Å². The van der Waals surface area contributed by atoms with Crippen molar-refractivity contribution >= 4 is 5.91 Å². The van der Waals surface area contributed by atoms with Crippen LogP contribution in [0.5, 0.6) is 0 Å². The standard InChI is InChI=1S/C17H24N2O2/c1-13-18-16(15-6-3-2-4-7-15)17(20)19(13)10-5-11-21-12-14-8-9-14/h2-4,6-7,13-14,16,18H,5,8-12H2,1H3. The molecule has 1 heterocycles. The summed E-state index contributed by atoms with van der Waals surface area (Å²) in [5, 5.41) is 3.37. The third-order valence-electron chi connectivity index (χ3n) is 4.28. The van der Waals surface area contributed by atoms with E-state index in [-0.39, 0.29) is 18.1 Å². The van der Waals surface area contributed by atoms with E-state index in [1.54, 1.807) is 0 Å². The van der Waals surface area contributed by atoms with Gasteiger partial charge in [-0.25, -0.2) is 0 Å². The minimum atomic E-state index is -0.200. The van der Waals surface area contributed by atoms with Crippen molar-refractivity contribution in [3.63, 3.8) is 0 Å². The lowest BCUT2D eigenvalue weighted by atomic mass is 10.1. The number of ether oxygens (including phenoxy) is 1. The maximum absolute atomic E-state index is 12.5. The van der Waals surface area contributed by atoms with Crippen molar-refractivity contribution in [1.29, 1.82) is 0 Å². The molecule has 1 N–H and O–H groups in total. The zero-order valence-corrected chi connectivity index (χ0v) is 12.6. The van der Waals surface area contributed by atoms with E-state index in [0.717, 1.165) is 37.7 Å². The van der Waals surface area contributed by atoms with E-state index in [4.69, 9.17) is 4.74 Å². The summed E-state index contributed by atoms with van der Waals surface area (Å²) in [5.74, 6) is 0.984. The molecule has 2 fully saturated rings. The summed E-state index contributed by atoms with van der Waals surface area (Å²) in [6.07, 6.45) is 3.65. The van der Waals surface area contributed by atoms with Crippen LogP contribution in [0.15, 0.2) is 30.3 Å². The van der Waals surface area contributed by atoms with Gasteiger partial charge >= 0.3 is 0 Å². The Hall–Kier alpha value is -1.39. The van der Waals surface area contributed by atoms with Gasteiger partial charge in [-0.05, 0) is 37.7 Å². The predicted octanol–water partition coefficient (Wildman–Crippen LogP) is 2.32. The van der Waals surface area contributed by atoms with Crippen molar-refractivity contribution in [2.75, 3.05) is 19.8 Å². The fourth-order valence-electron chi connectivity index (χ4n) is 2.82. The number of carbonyl (C=O) groups is 1. The van der Waals surface area contributed by atoms with Crippen molar-refractivity contribution in [3.05, 3.63) is 35.9 Å². The monoisotopic (exact) mass is 288 g/mol. The number of hydrogen-bond acceptors (Lipinski definition) is 3. The van der Waals surface area contributed by atoms with Gasteiger partial charge in [0.05, 0.1) is 6.17 Å². The van der Waals surface area contributed by atoms with Crippen LogP contribution in [-0.4, -0.2) is 36.7 Å². The molecular formula is C17H24N2O2. The molecule has 1 aliphatic heterocycles. The van der Waals surface area contributed by atoms with Crippen molar-refractivity contribution in [3.8, 4) is 0 Å². The van der Waals surface area contributed by atoms with Gasteiger partial charge in [-0.1, -0.05) is 30.3 Å². The molecule has 1 saturated carbocycles. The number of carbonyl (C=O) groups excluding carboxylic acids is 1. The Morgan fingerprint density at radius 2 is 2.05 bits per heavy atom. The lowest BCUT2D eigenvalue weighted by Crippen LogP contribution is -2.35. The van der Waals surface area contributed by atoms with Crippen molar-refractivity contribution in [2.45, 2.75) is 38.4 Å². The van der Waals surface area contributed by atoms with Gasteiger partial charge in [0, 0.05) is 19.8 Å². The molecule has 2 atom stereocenters. The predicted molar refractivity (Wildman–Crippen MR) is 81.7 cm³/mol. The fourth-order valence-corrected chi connectivity index (χ4v) is 2.82. The van der Waals surface area contributed by atoms with Crippen molar-refractivity contribution < 1.29 is 9.53 Å². The maximum atomic E-state index is 12.5. The van der Waals surface area contributed by atoms with Gasteiger partial charge in [-0.3, -0.25) is 10.1 Å². The first kappa shape index (κ1) is 14.5. The molecule has 0 radical (unpaired) electrons. The molecule has 0 bridgehead atoms. The van der Waals surface area contributed by atoms with Gasteiger partial charge in [0.15, 0.2) is 0 Å². The first-order valence-electron chi connectivity index (χ1n) is 7.95. The first-order valence-corrected chi connectivity index (χ1v) is 7.95. The highest BCUT2D eigenvalue weighted by Crippen LogP contribution is 2.29. The zero-order chi connectivity index (χ0) is 14.7. The molecule has 2 unspecified atom stereocenters. The Bertz CT molecular complexity index is 473. The Morgan fingerprint density at radius 1 is 1.29 bits per heavy atom. The van der Waals surface area contributed by atoms with Crippen LogP contribution in [0.4, 0.5) is 0 Å². The number of hydrogen-bond donors (Lipinski definition) is 1. The van der Waals surface area contributed by atoms with Crippen LogP contribution >= 0.6 is 0 Å². The van der Waals surface area contributed by atoms with Crippen LogP contribution in [0.1, 0.15) is 37.8 Å². The number of rotatable bonds is 7. The minimum Gasteiger partial charge on any atom is -0.381 e. The van der Waals surface area contributed by atoms with Gasteiger partial charge < -0.3 is 9.64 Å². The van der Waals surface area contributed by atoms with Gasteiger partial charge in [-0.2, -0.15) is 0 Å². The molecule has 0 aromatic heterocycles. The van der Waals surface area contributed by atoms with Crippen molar-refractivity contribution in [1.82, 2.24) is 10.2 Å². The van der Waals surface area contributed by atoms with E-state index < -0.39 is 0 Å². The minimum absolute atomic E-state index is 0.0890. The number of amides is 1. The molecule has 1 aromatic carbocycles. The third kappa shape index (κ3) is 3.63. The van der Waals surface area contributed by atoms with Gasteiger partial charge in [0.1, 0.15) is 6.04 Å². The van der Waals surface area contributed by atoms with Gasteiger partial charge in [0.2, 0.25) is 5.91 Å². The molecular weight excluding hydrogens is 264 g/mol. The summed E-state index contributed by atoms with van der Waals surface area (Å²) in [6, 6.07) is 9.73. The molecule has 1 saturated heterocycles. The van der Waals surface area contributed by atoms with Crippen LogP contribution in [0, 0.1) is 5.92 Å². The molecule has 4 heteroatoms. The summed E-state index contributed by atoms with van der Waals surface area (Å²) < 4.78 is 5.64. The van der Waals surface area contributed by atoms with Crippen molar-refractivity contribution in [2.24, 2.45) is 5.92 Å². The third-order valence-corrected chi connectivity index (χ3v) is 4.28. The second-order valence-electron chi connectivity index (χ2n) is 6.09. The summed E-state index contributed by atoms with van der Waals surface area (Å²) in [5.41, 5.74) is 1.04. The quantitative estimate of drug-likeness (QED) is 0.783. The lowest BCUT2D eigenvalue weighted by molar-refractivity contribution is -0.130. The average molecular weight is 288 g/mol. The fraction of sp³-hybridized carbons (Fsp3) is 0.588. The molecule has 4 nitrogen and oxygen atoms in total. The van der Waals surface area contributed by atoms with Crippen LogP contribution in [0.25, 0.3) is 0 Å². The van der Waals surface area contributed by atoms with E-state index in [1.807, 2.05) is 42.2 Å². The summed E-state index contributed by atoms with van der Waals surface area (Å²) in [4.78, 5) is 14.4. The average Bonchev–Trinajstić information content (AvgIpc) is 3.28. The molecule has 0 spiro atoms. The first-order chi connectivity index (χ1) is 10.3. The Balaban J connectivity index is 1.47. The normalized spacial score (nSPS) is 25.6. The molecule has 2 aliphatic rings. The second-order valence-corrected chi connectivity index (χ2v) is 6.09. The van der Waals surface area contributed by atoms with Crippen LogP contribution < -0.4 is 5.32 Å². The van der Waals surface area contributed by atoms with E-state index in [1.165, 1.54) is 12.8 Å². The van der Waals surface area contributed by atoms with Crippen LogP contribution in [0.2, 0.25) is 0 Å². The summed E-state index contributed by atoms with van der Waals surface area (Å²) in [6.45, 7) is 4.46. The zero-order valence-electron chi connectivity index (χ0n) is 12.6. The van der Waals surface area contributed by atoms with E-state index in [0.29, 0.717) is 0 Å². The number of nitrogens with one attached hydrogen (secondary N) is 1. The van der Waals surface area contributed by atoms with Gasteiger partial charge in [-0.15, -0.1) is 0 Å². The van der Waals surface area contributed by atoms with Gasteiger partial charge in [0.25, 0.3) is 0 Å². The largest absolute Gasteiger partial charge is 0.381 e. The topological polar surface area (TPSA) is 41.6 Å². The number of benzene rings is 1. The van der Waals surface area contributed by atoms with E-state index >= 15 is 0 Å². The van der Waals surface area contributed by atoms with E-state index in [2.05, 4.69) is 5.32 Å². The number of nitrogens with zero attached hydrogens (tertiary/aromatic N) is 1. The van der Waals surface area contributed by atoms with E-state index in [9.17, 15) is 4.79 Å². The molecule has 3 rings (SSSR count). The molecule has 1 amide bonds. The molecule has 1 aromatic rings. The lowest BCUT2D eigenvalue weighted by Gasteiger charge is -2.20. The second kappa shape index (κ2) is 6.58. The Morgan fingerprint density at radius 3 is 2.76 bits per heavy atom. The summed E-state index contributed by atoms with van der Waals surface area (Å²) >= 11 is 0. The highest BCUT2D eigenvalue weighted by Gasteiger charge is 2.36.